The highest BCUT2D eigenvalue weighted by Gasteiger charge is 2.41. The van der Waals surface area contributed by atoms with Crippen LogP contribution in [0.2, 0.25) is 0 Å². The van der Waals surface area contributed by atoms with Crippen LogP contribution >= 0.6 is 0 Å². The summed E-state index contributed by atoms with van der Waals surface area (Å²) in [7, 11) is 1.29. The number of carbonyl (C=O) groups is 5. The van der Waals surface area contributed by atoms with Crippen molar-refractivity contribution in [3.63, 3.8) is 0 Å². The highest BCUT2D eigenvalue weighted by atomic mass is 16.5. The SMILES string of the molecule is COC(=O)C1(N)CCN(C(=O)[C@@H](CCCCN)NC(=O)[C@@H](CC(C)C)NC(=O)[C@@H](Cc2ccccc2)NC(=O)[C@H]2Cc3ccccc3CN2)CC1. The number of piperidine rings is 1. The zero-order valence-electron chi connectivity index (χ0n) is 30.1. The molecule has 1 saturated heterocycles. The number of unbranched alkanes of at least 4 members (excludes halogenated alkanes) is 1. The number of amides is 4. The van der Waals surface area contributed by atoms with E-state index in [4.69, 9.17) is 16.2 Å². The lowest BCUT2D eigenvalue weighted by Crippen LogP contribution is -2.61. The number of fused-ring (bicyclic) bond motifs is 1. The van der Waals surface area contributed by atoms with Crippen LogP contribution in [0.3, 0.4) is 0 Å². The minimum absolute atomic E-state index is 0.0270. The van der Waals surface area contributed by atoms with Gasteiger partial charge >= 0.3 is 5.97 Å². The van der Waals surface area contributed by atoms with Gasteiger partial charge in [0.25, 0.3) is 0 Å². The Morgan fingerprint density at radius 3 is 2.16 bits per heavy atom. The van der Waals surface area contributed by atoms with Gasteiger partial charge in [-0.15, -0.1) is 0 Å². The molecule has 0 aliphatic carbocycles. The highest BCUT2D eigenvalue weighted by Crippen LogP contribution is 2.23. The molecule has 4 rings (SSSR count). The van der Waals surface area contributed by atoms with Crippen LogP contribution in [-0.4, -0.2) is 90.9 Å². The highest BCUT2D eigenvalue weighted by molar-refractivity contribution is 5.95. The molecule has 13 nitrogen and oxygen atoms in total. The standard InChI is InChI=1S/C38H55N7O6/c1-25(2)21-31(34(47)42-29(15-9-10-18-39)36(49)45-19-16-38(40,17-20-45)37(50)51-3)43-35(48)32(22-26-11-5-4-6-12-26)44-33(46)30-23-27-13-7-8-14-28(27)24-41-30/h4-8,11-14,25,29-32,41H,9-10,15-24,39-40H2,1-3H3,(H,42,47)(H,43,48)(H,44,46)/t29-,30-,31-,32-/m1/s1. The minimum atomic E-state index is -1.17. The lowest BCUT2D eigenvalue weighted by Gasteiger charge is -2.38. The molecule has 1 fully saturated rings. The lowest BCUT2D eigenvalue weighted by atomic mass is 9.88. The van der Waals surface area contributed by atoms with Crippen molar-refractivity contribution in [1.82, 2.24) is 26.2 Å². The molecule has 13 heteroatoms. The number of nitrogens with one attached hydrogen (secondary N) is 4. The van der Waals surface area contributed by atoms with Crippen LogP contribution in [0.1, 0.15) is 69.1 Å². The largest absolute Gasteiger partial charge is 0.468 e. The summed E-state index contributed by atoms with van der Waals surface area (Å²) in [6, 6.07) is 14.0. The van der Waals surface area contributed by atoms with Crippen molar-refractivity contribution in [3.05, 3.63) is 71.3 Å². The molecule has 4 atom stereocenters. The first-order valence-corrected chi connectivity index (χ1v) is 18.1. The Balaban J connectivity index is 1.48. The van der Waals surface area contributed by atoms with Crippen molar-refractivity contribution < 1.29 is 28.7 Å². The maximum Gasteiger partial charge on any atom is 0.325 e. The molecule has 51 heavy (non-hydrogen) atoms. The van der Waals surface area contributed by atoms with Gasteiger partial charge in [0.1, 0.15) is 23.7 Å². The number of ether oxygens (including phenoxy) is 1. The quantitative estimate of drug-likeness (QED) is 0.109. The van der Waals surface area contributed by atoms with E-state index in [1.807, 2.05) is 68.4 Å². The minimum Gasteiger partial charge on any atom is -0.468 e. The monoisotopic (exact) mass is 705 g/mol. The third kappa shape index (κ3) is 11.1. The molecule has 2 aromatic carbocycles. The summed E-state index contributed by atoms with van der Waals surface area (Å²) in [5.74, 6) is -2.05. The molecule has 2 aliphatic heterocycles. The van der Waals surface area contributed by atoms with Gasteiger partial charge in [0, 0.05) is 26.1 Å². The van der Waals surface area contributed by atoms with Crippen molar-refractivity contribution >= 4 is 29.6 Å². The van der Waals surface area contributed by atoms with E-state index in [9.17, 15) is 24.0 Å². The van der Waals surface area contributed by atoms with E-state index in [0.29, 0.717) is 45.2 Å². The number of carbonyl (C=O) groups excluding carboxylic acids is 5. The number of nitrogens with zero attached hydrogens (tertiary/aromatic N) is 1. The van der Waals surface area contributed by atoms with E-state index < -0.39 is 47.5 Å². The molecule has 0 spiro atoms. The fraction of sp³-hybridized carbons (Fsp3) is 0.553. The molecule has 2 aromatic rings. The van der Waals surface area contributed by atoms with E-state index in [1.165, 1.54) is 7.11 Å². The number of esters is 1. The van der Waals surface area contributed by atoms with E-state index >= 15 is 0 Å². The van der Waals surface area contributed by atoms with Gasteiger partial charge in [-0.05, 0) is 74.1 Å². The third-order valence-electron chi connectivity index (χ3n) is 9.77. The average molecular weight is 706 g/mol. The van der Waals surface area contributed by atoms with E-state index in [-0.39, 0.29) is 50.1 Å². The van der Waals surface area contributed by atoms with Gasteiger partial charge in [-0.25, -0.2) is 0 Å². The molecule has 0 unspecified atom stereocenters. The number of likely N-dealkylation sites (tertiary alicyclic amines) is 1. The topological polar surface area (TPSA) is 198 Å². The summed E-state index contributed by atoms with van der Waals surface area (Å²) < 4.78 is 4.86. The molecular formula is C38H55N7O6. The Labute approximate surface area is 301 Å². The van der Waals surface area contributed by atoms with Crippen molar-refractivity contribution in [2.24, 2.45) is 17.4 Å². The van der Waals surface area contributed by atoms with Crippen molar-refractivity contribution in [2.75, 3.05) is 26.7 Å². The van der Waals surface area contributed by atoms with Crippen molar-refractivity contribution in [2.45, 2.75) is 101 Å². The third-order valence-corrected chi connectivity index (χ3v) is 9.77. The first-order valence-electron chi connectivity index (χ1n) is 18.1. The Hall–Kier alpha value is -4.33. The maximum absolute atomic E-state index is 14.0. The molecule has 2 aliphatic rings. The number of benzene rings is 2. The Morgan fingerprint density at radius 2 is 1.51 bits per heavy atom. The fourth-order valence-electron chi connectivity index (χ4n) is 6.72. The molecule has 4 amide bonds. The van der Waals surface area contributed by atoms with E-state index in [1.54, 1.807) is 4.90 Å². The van der Waals surface area contributed by atoms with Gasteiger partial charge in [0.15, 0.2) is 0 Å². The van der Waals surface area contributed by atoms with Crippen LogP contribution in [0.4, 0.5) is 0 Å². The number of rotatable bonds is 16. The van der Waals surface area contributed by atoms with Crippen molar-refractivity contribution in [3.8, 4) is 0 Å². The molecular weight excluding hydrogens is 650 g/mol. The van der Waals surface area contributed by atoms with Gasteiger partial charge in [0.2, 0.25) is 23.6 Å². The van der Waals surface area contributed by atoms with Gasteiger partial charge in [0.05, 0.1) is 13.2 Å². The van der Waals surface area contributed by atoms with Crippen LogP contribution < -0.4 is 32.7 Å². The van der Waals surface area contributed by atoms with Crippen molar-refractivity contribution in [1.29, 1.82) is 0 Å². The maximum atomic E-state index is 14.0. The smallest absolute Gasteiger partial charge is 0.325 e. The van der Waals surface area contributed by atoms with Crippen LogP contribution in [-0.2, 0) is 48.1 Å². The van der Waals surface area contributed by atoms with Gasteiger partial charge in [-0.2, -0.15) is 0 Å². The molecule has 0 radical (unpaired) electrons. The summed E-state index contributed by atoms with van der Waals surface area (Å²) >= 11 is 0. The molecule has 0 saturated carbocycles. The van der Waals surface area contributed by atoms with Gasteiger partial charge in [-0.3, -0.25) is 24.0 Å². The predicted octanol–water partition coefficient (Wildman–Crippen LogP) is 1.07. The number of hydrogen-bond acceptors (Lipinski definition) is 9. The number of methoxy groups -OCH3 is 1. The predicted molar refractivity (Wildman–Crippen MR) is 194 cm³/mol. The summed E-state index contributed by atoms with van der Waals surface area (Å²) in [6.45, 7) is 5.35. The molecule has 2 heterocycles. The molecule has 0 aromatic heterocycles. The zero-order valence-corrected chi connectivity index (χ0v) is 30.1. The zero-order chi connectivity index (χ0) is 37.0. The molecule has 278 valence electrons. The second-order valence-corrected chi connectivity index (χ2v) is 14.2. The van der Waals surface area contributed by atoms with Crippen LogP contribution in [0.15, 0.2) is 54.6 Å². The first-order chi connectivity index (χ1) is 24.4. The normalized spacial score (nSPS) is 18.5. The van der Waals surface area contributed by atoms with Gasteiger partial charge < -0.3 is 42.4 Å². The van der Waals surface area contributed by atoms with E-state index in [0.717, 1.165) is 16.7 Å². The lowest BCUT2D eigenvalue weighted by molar-refractivity contribution is -0.151. The second-order valence-electron chi connectivity index (χ2n) is 14.2. The average Bonchev–Trinajstić information content (AvgIpc) is 3.13. The first kappa shape index (κ1) is 39.5. The Morgan fingerprint density at radius 1 is 0.882 bits per heavy atom. The Kier molecular flexibility index (Phi) is 14.5. The Bertz CT molecular complexity index is 1490. The summed E-state index contributed by atoms with van der Waals surface area (Å²) in [6.07, 6.45) is 3.13. The molecule has 0 bridgehead atoms. The number of nitrogens with two attached hydrogens (primary N) is 2. The van der Waals surface area contributed by atoms with Crippen LogP contribution in [0, 0.1) is 5.92 Å². The number of hydrogen-bond donors (Lipinski definition) is 6. The van der Waals surface area contributed by atoms with E-state index in [2.05, 4.69) is 21.3 Å². The molecule has 8 N–H and O–H groups in total. The summed E-state index contributed by atoms with van der Waals surface area (Å²) in [4.78, 5) is 69.2. The van der Waals surface area contributed by atoms with Crippen LogP contribution in [0.25, 0.3) is 0 Å². The van der Waals surface area contributed by atoms with Gasteiger partial charge in [-0.1, -0.05) is 68.4 Å². The summed E-state index contributed by atoms with van der Waals surface area (Å²) in [5, 5.41) is 12.1. The second kappa shape index (κ2) is 18.8. The fourth-order valence-corrected chi connectivity index (χ4v) is 6.72. The summed E-state index contributed by atoms with van der Waals surface area (Å²) in [5.41, 5.74) is 13.9. The van der Waals surface area contributed by atoms with Crippen LogP contribution in [0.5, 0.6) is 0 Å².